The number of carbonyl (C=O) groups excluding carboxylic acids is 1. The molecule has 0 saturated carbocycles. The van der Waals surface area contributed by atoms with E-state index in [1.54, 1.807) is 16.9 Å². The number of amides is 1. The molecular formula is C15H18N4O4. The minimum absolute atomic E-state index is 0.00201. The molecule has 1 unspecified atom stereocenters. The molecule has 0 aliphatic carbocycles. The Balaban J connectivity index is 1.92. The first kappa shape index (κ1) is 15.4. The van der Waals surface area contributed by atoms with Crippen LogP contribution in [0.15, 0.2) is 18.5 Å². The van der Waals surface area contributed by atoms with Crippen LogP contribution in [0.3, 0.4) is 0 Å². The van der Waals surface area contributed by atoms with Gasteiger partial charge in [0.25, 0.3) is 5.91 Å². The number of fused-ring (bicyclic) bond motifs is 1. The van der Waals surface area contributed by atoms with Gasteiger partial charge in [0.15, 0.2) is 11.7 Å². The van der Waals surface area contributed by atoms with Crippen molar-refractivity contribution in [2.24, 2.45) is 0 Å². The molecule has 1 N–H and O–H groups in total. The summed E-state index contributed by atoms with van der Waals surface area (Å²) >= 11 is 0. The summed E-state index contributed by atoms with van der Waals surface area (Å²) in [6.45, 7) is 4.58. The van der Waals surface area contributed by atoms with Gasteiger partial charge in [0.1, 0.15) is 0 Å². The lowest BCUT2D eigenvalue weighted by atomic mass is 10.1. The van der Waals surface area contributed by atoms with Crippen LogP contribution in [0.2, 0.25) is 0 Å². The Morgan fingerprint density at radius 1 is 1.39 bits per heavy atom. The molecule has 8 heteroatoms. The van der Waals surface area contributed by atoms with Crippen molar-refractivity contribution in [3.8, 4) is 0 Å². The molecule has 2 aromatic rings. The van der Waals surface area contributed by atoms with Gasteiger partial charge in [0, 0.05) is 24.2 Å². The van der Waals surface area contributed by atoms with Gasteiger partial charge in [-0.05, 0) is 19.9 Å². The number of pyridine rings is 1. The molecule has 1 fully saturated rings. The fraction of sp³-hybridized carbons (Fsp3) is 0.467. The number of morpholine rings is 1. The maximum atomic E-state index is 12.6. The quantitative estimate of drug-likeness (QED) is 0.904. The predicted octanol–water partition coefficient (Wildman–Crippen LogP) is 0.938. The highest BCUT2D eigenvalue weighted by molar-refractivity contribution is 5.98. The molecule has 1 aliphatic rings. The van der Waals surface area contributed by atoms with Crippen molar-refractivity contribution in [2.75, 3.05) is 19.8 Å². The number of hydrogen-bond donors (Lipinski definition) is 1. The van der Waals surface area contributed by atoms with E-state index in [1.165, 1.54) is 11.1 Å². The second-order valence-electron chi connectivity index (χ2n) is 5.75. The monoisotopic (exact) mass is 318 g/mol. The zero-order valence-electron chi connectivity index (χ0n) is 13.0. The van der Waals surface area contributed by atoms with Crippen LogP contribution in [0.4, 0.5) is 0 Å². The van der Waals surface area contributed by atoms with Crippen LogP contribution >= 0.6 is 0 Å². The third kappa shape index (κ3) is 2.77. The summed E-state index contributed by atoms with van der Waals surface area (Å²) in [6, 6.07) is 0.896. The summed E-state index contributed by atoms with van der Waals surface area (Å²) in [5.41, 5.74) is 1.06. The van der Waals surface area contributed by atoms with E-state index in [4.69, 9.17) is 4.74 Å². The summed E-state index contributed by atoms with van der Waals surface area (Å²) in [7, 11) is 0. The second-order valence-corrected chi connectivity index (χ2v) is 5.75. The lowest BCUT2D eigenvalue weighted by Crippen LogP contribution is -2.52. The molecule has 3 rings (SSSR count). The molecule has 8 nitrogen and oxygen atoms in total. The molecule has 1 amide bonds. The first-order chi connectivity index (χ1) is 11.0. The number of carboxylic acid groups (broad SMARTS) is 1. The summed E-state index contributed by atoms with van der Waals surface area (Å²) in [6.07, 6.45) is 3.13. The summed E-state index contributed by atoms with van der Waals surface area (Å²) in [4.78, 5) is 29.6. The second kappa shape index (κ2) is 5.96. The highest BCUT2D eigenvalue weighted by atomic mass is 16.5. The number of hydrogen-bond acceptors (Lipinski definition) is 5. The zero-order chi connectivity index (χ0) is 16.6. The summed E-state index contributed by atoms with van der Waals surface area (Å²) < 4.78 is 6.93. The Bertz CT molecular complexity index is 755. The van der Waals surface area contributed by atoms with E-state index in [9.17, 15) is 14.7 Å². The lowest BCUT2D eigenvalue weighted by Gasteiger charge is -2.32. The largest absolute Gasteiger partial charge is 0.480 e. The van der Waals surface area contributed by atoms with Crippen LogP contribution in [0.5, 0.6) is 0 Å². The van der Waals surface area contributed by atoms with E-state index in [0.29, 0.717) is 17.8 Å². The SMILES string of the molecule is CC(C)n1ncc2cc(C(=O)N3CCOCC3C(=O)O)cnc21. The van der Waals surface area contributed by atoms with E-state index in [0.717, 1.165) is 5.39 Å². The number of aromatic nitrogens is 3. The number of aliphatic carboxylic acids is 1. The lowest BCUT2D eigenvalue weighted by molar-refractivity contribution is -0.147. The minimum Gasteiger partial charge on any atom is -0.480 e. The molecule has 3 heterocycles. The van der Waals surface area contributed by atoms with Gasteiger partial charge in [-0.25, -0.2) is 14.5 Å². The van der Waals surface area contributed by atoms with E-state index < -0.39 is 12.0 Å². The van der Waals surface area contributed by atoms with Crippen LogP contribution in [-0.2, 0) is 9.53 Å². The predicted molar refractivity (Wildman–Crippen MR) is 81.2 cm³/mol. The Kier molecular flexibility index (Phi) is 3.99. The van der Waals surface area contributed by atoms with Gasteiger partial charge in [0.05, 0.1) is 25.0 Å². The zero-order valence-corrected chi connectivity index (χ0v) is 13.0. The van der Waals surface area contributed by atoms with Gasteiger partial charge in [-0.1, -0.05) is 0 Å². The van der Waals surface area contributed by atoms with Crippen LogP contribution in [-0.4, -0.2) is 62.4 Å². The molecule has 0 bridgehead atoms. The number of carbonyl (C=O) groups is 2. The van der Waals surface area contributed by atoms with Gasteiger partial charge >= 0.3 is 5.97 Å². The number of rotatable bonds is 3. The molecule has 23 heavy (non-hydrogen) atoms. The third-order valence-corrected chi connectivity index (χ3v) is 3.84. The first-order valence-corrected chi connectivity index (χ1v) is 7.44. The van der Waals surface area contributed by atoms with Crippen LogP contribution in [0, 0.1) is 0 Å². The summed E-state index contributed by atoms with van der Waals surface area (Å²) in [5.74, 6) is -1.42. The van der Waals surface area contributed by atoms with Crippen molar-refractivity contribution in [1.29, 1.82) is 0 Å². The highest BCUT2D eigenvalue weighted by Crippen LogP contribution is 2.19. The molecule has 1 atom stereocenters. The maximum Gasteiger partial charge on any atom is 0.328 e. The van der Waals surface area contributed by atoms with Crippen molar-refractivity contribution in [3.63, 3.8) is 0 Å². The average Bonchev–Trinajstić information content (AvgIpc) is 2.97. The van der Waals surface area contributed by atoms with Gasteiger partial charge in [-0.2, -0.15) is 5.10 Å². The summed E-state index contributed by atoms with van der Waals surface area (Å²) in [5, 5.41) is 14.3. The first-order valence-electron chi connectivity index (χ1n) is 7.44. The third-order valence-electron chi connectivity index (χ3n) is 3.84. The molecule has 0 aromatic carbocycles. The Hall–Kier alpha value is -2.48. The number of ether oxygens (including phenoxy) is 1. The molecule has 0 radical (unpaired) electrons. The van der Waals surface area contributed by atoms with Gasteiger partial charge in [-0.3, -0.25) is 4.79 Å². The van der Waals surface area contributed by atoms with E-state index in [1.807, 2.05) is 13.8 Å². The molecular weight excluding hydrogens is 300 g/mol. The maximum absolute atomic E-state index is 12.6. The molecule has 1 saturated heterocycles. The smallest absolute Gasteiger partial charge is 0.328 e. The van der Waals surface area contributed by atoms with Crippen molar-refractivity contribution < 1.29 is 19.4 Å². The Labute approximate surface area is 132 Å². The number of carboxylic acids is 1. The average molecular weight is 318 g/mol. The van der Waals surface area contributed by atoms with E-state index in [-0.39, 0.29) is 25.1 Å². The number of nitrogens with zero attached hydrogens (tertiary/aromatic N) is 4. The van der Waals surface area contributed by atoms with E-state index >= 15 is 0 Å². The van der Waals surface area contributed by atoms with Gasteiger partial charge < -0.3 is 14.7 Å². The van der Waals surface area contributed by atoms with Gasteiger partial charge in [0.2, 0.25) is 0 Å². The fourth-order valence-corrected chi connectivity index (χ4v) is 2.65. The van der Waals surface area contributed by atoms with Crippen LogP contribution in [0.1, 0.15) is 30.2 Å². The topological polar surface area (TPSA) is 97.6 Å². The highest BCUT2D eigenvalue weighted by Gasteiger charge is 2.33. The normalized spacial score (nSPS) is 18.6. The molecule has 2 aromatic heterocycles. The molecule has 0 spiro atoms. The van der Waals surface area contributed by atoms with Crippen molar-refractivity contribution in [1.82, 2.24) is 19.7 Å². The van der Waals surface area contributed by atoms with Crippen molar-refractivity contribution in [2.45, 2.75) is 25.9 Å². The minimum atomic E-state index is -1.07. The van der Waals surface area contributed by atoms with Crippen molar-refractivity contribution in [3.05, 3.63) is 24.0 Å². The molecule has 1 aliphatic heterocycles. The van der Waals surface area contributed by atoms with Crippen molar-refractivity contribution >= 4 is 22.9 Å². The molecule has 122 valence electrons. The standard InChI is InChI=1S/C15H18N4O4/c1-9(2)19-13-10(7-17-19)5-11(6-16-13)14(20)18-3-4-23-8-12(18)15(21)22/h5-7,9,12H,3-4,8H2,1-2H3,(H,21,22). The Morgan fingerprint density at radius 3 is 2.87 bits per heavy atom. The Morgan fingerprint density at radius 2 is 2.17 bits per heavy atom. The van der Waals surface area contributed by atoms with E-state index in [2.05, 4.69) is 10.1 Å². The van der Waals surface area contributed by atoms with Gasteiger partial charge in [-0.15, -0.1) is 0 Å². The van der Waals surface area contributed by atoms with Crippen LogP contribution in [0.25, 0.3) is 11.0 Å². The fourth-order valence-electron chi connectivity index (χ4n) is 2.65. The van der Waals surface area contributed by atoms with Crippen LogP contribution < -0.4 is 0 Å².